The second-order valence-corrected chi connectivity index (χ2v) is 9.17. The number of likely N-dealkylation sites (N-methyl/N-ethyl adjacent to an activating group) is 1. The van der Waals surface area contributed by atoms with E-state index in [9.17, 15) is 9.18 Å². The summed E-state index contributed by atoms with van der Waals surface area (Å²) < 4.78 is 20.0. The van der Waals surface area contributed by atoms with E-state index in [1.807, 2.05) is 39.6 Å². The van der Waals surface area contributed by atoms with Gasteiger partial charge in [0, 0.05) is 19.0 Å². The van der Waals surface area contributed by atoms with Crippen molar-refractivity contribution in [2.24, 2.45) is 0 Å². The van der Waals surface area contributed by atoms with Gasteiger partial charge in [0.2, 0.25) is 5.28 Å². The van der Waals surface area contributed by atoms with Crippen molar-refractivity contribution in [3.63, 3.8) is 0 Å². The lowest BCUT2D eigenvalue weighted by molar-refractivity contribution is 0.0233. The summed E-state index contributed by atoms with van der Waals surface area (Å²) in [5.74, 6) is 0.132. The SMILES string of the molecule is C[C@@H]1[C@H](N(C)c2nc(Cl)nc3cc(Br)c(F)cc23)CCN1C(=O)OC(C)(C)C. The maximum Gasteiger partial charge on any atom is 0.410 e. The van der Waals surface area contributed by atoms with Gasteiger partial charge in [-0.3, -0.25) is 0 Å². The number of carbonyl (C=O) groups excluding carboxylic acids is 1. The minimum Gasteiger partial charge on any atom is -0.444 e. The Morgan fingerprint density at radius 3 is 2.71 bits per heavy atom. The predicted octanol–water partition coefficient (Wildman–Crippen LogP) is 5.02. The fraction of sp³-hybridized carbons (Fsp3) is 0.526. The van der Waals surface area contributed by atoms with Gasteiger partial charge in [0.05, 0.1) is 22.1 Å². The third-order valence-corrected chi connectivity index (χ3v) is 5.64. The number of halogens is 3. The number of rotatable bonds is 2. The molecular formula is C19H23BrClFN4O2. The van der Waals surface area contributed by atoms with Gasteiger partial charge in [-0.15, -0.1) is 0 Å². The summed E-state index contributed by atoms with van der Waals surface area (Å²) in [5.41, 5.74) is -0.00740. The van der Waals surface area contributed by atoms with E-state index < -0.39 is 11.4 Å². The number of ether oxygens (including phenoxy) is 1. The van der Waals surface area contributed by atoms with Crippen LogP contribution < -0.4 is 4.90 Å². The molecule has 0 radical (unpaired) electrons. The van der Waals surface area contributed by atoms with Crippen molar-refractivity contribution >= 4 is 50.3 Å². The van der Waals surface area contributed by atoms with Crippen LogP contribution in [0.15, 0.2) is 16.6 Å². The second-order valence-electron chi connectivity index (χ2n) is 7.98. The molecule has 2 atom stereocenters. The van der Waals surface area contributed by atoms with Crippen LogP contribution in [0.5, 0.6) is 0 Å². The summed E-state index contributed by atoms with van der Waals surface area (Å²) in [5, 5.41) is 0.651. The minimum absolute atomic E-state index is 0.0200. The number of hydrogen-bond donors (Lipinski definition) is 0. The number of carbonyl (C=O) groups is 1. The van der Waals surface area contributed by atoms with Gasteiger partial charge < -0.3 is 14.5 Å². The third kappa shape index (κ3) is 4.17. The zero-order valence-corrected chi connectivity index (χ0v) is 18.8. The van der Waals surface area contributed by atoms with Gasteiger partial charge in [-0.2, -0.15) is 4.98 Å². The van der Waals surface area contributed by atoms with Crippen molar-refractivity contribution in [1.29, 1.82) is 0 Å². The van der Waals surface area contributed by atoms with Gasteiger partial charge >= 0.3 is 6.09 Å². The van der Waals surface area contributed by atoms with E-state index >= 15 is 0 Å². The van der Waals surface area contributed by atoms with Crippen LogP contribution in [0.25, 0.3) is 10.9 Å². The van der Waals surface area contributed by atoms with Crippen LogP contribution in [0.2, 0.25) is 5.28 Å². The summed E-state index contributed by atoms with van der Waals surface area (Å²) in [6.07, 6.45) is 0.399. The molecule has 1 amide bonds. The highest BCUT2D eigenvalue weighted by Crippen LogP contribution is 2.33. The number of hydrogen-bond acceptors (Lipinski definition) is 5. The van der Waals surface area contributed by atoms with Gasteiger partial charge in [0.15, 0.2) is 0 Å². The van der Waals surface area contributed by atoms with E-state index in [4.69, 9.17) is 16.3 Å². The lowest BCUT2D eigenvalue weighted by Crippen LogP contribution is -2.45. The highest BCUT2D eigenvalue weighted by molar-refractivity contribution is 9.10. The second kappa shape index (κ2) is 7.63. The molecular weight excluding hydrogens is 451 g/mol. The van der Waals surface area contributed by atoms with Crippen LogP contribution in [0.1, 0.15) is 34.1 Å². The Bertz CT molecular complexity index is 921. The first kappa shape index (κ1) is 21.0. The molecule has 2 aromatic rings. The smallest absolute Gasteiger partial charge is 0.410 e. The molecule has 3 rings (SSSR count). The Morgan fingerprint density at radius 2 is 2.07 bits per heavy atom. The van der Waals surface area contributed by atoms with Crippen LogP contribution in [-0.2, 0) is 4.74 Å². The Kier molecular flexibility index (Phi) is 5.74. The van der Waals surface area contributed by atoms with Crippen LogP contribution in [-0.4, -0.2) is 52.2 Å². The molecule has 1 fully saturated rings. The molecule has 0 N–H and O–H groups in total. The van der Waals surface area contributed by atoms with Crippen LogP contribution in [0.4, 0.5) is 15.0 Å². The Labute approximate surface area is 177 Å². The van der Waals surface area contributed by atoms with Crippen molar-refractivity contribution in [1.82, 2.24) is 14.9 Å². The Balaban J connectivity index is 1.91. The highest BCUT2D eigenvalue weighted by atomic mass is 79.9. The zero-order valence-electron chi connectivity index (χ0n) is 16.5. The Hall–Kier alpha value is -1.67. The molecule has 28 heavy (non-hydrogen) atoms. The highest BCUT2D eigenvalue weighted by Gasteiger charge is 2.39. The van der Waals surface area contributed by atoms with Gasteiger partial charge in [0.1, 0.15) is 17.2 Å². The standard InChI is InChI=1S/C19H23BrClFN4O2/c1-10-15(6-7-26(10)18(27)28-19(2,3)4)25(5)16-11-8-13(22)12(20)9-14(11)23-17(21)24-16/h8-10,15H,6-7H2,1-5H3/t10-,15-/m1/s1. The van der Waals surface area contributed by atoms with E-state index in [0.717, 1.165) is 6.42 Å². The van der Waals surface area contributed by atoms with E-state index in [1.54, 1.807) is 11.0 Å². The molecule has 0 saturated carbocycles. The first-order valence-electron chi connectivity index (χ1n) is 9.02. The van der Waals surface area contributed by atoms with Gasteiger partial charge in [0.25, 0.3) is 0 Å². The average Bonchev–Trinajstić information content (AvgIpc) is 2.95. The van der Waals surface area contributed by atoms with Crippen molar-refractivity contribution in [3.8, 4) is 0 Å². The van der Waals surface area contributed by atoms with E-state index in [-0.39, 0.29) is 23.5 Å². The number of fused-ring (bicyclic) bond motifs is 1. The molecule has 1 aliphatic heterocycles. The van der Waals surface area contributed by atoms with Crippen LogP contribution in [0.3, 0.4) is 0 Å². The molecule has 1 saturated heterocycles. The summed E-state index contributed by atoms with van der Waals surface area (Å²) in [4.78, 5) is 24.7. The molecule has 6 nitrogen and oxygen atoms in total. The summed E-state index contributed by atoms with van der Waals surface area (Å²) in [6, 6.07) is 2.85. The number of benzene rings is 1. The molecule has 0 bridgehead atoms. The van der Waals surface area contributed by atoms with E-state index in [1.165, 1.54) is 6.07 Å². The van der Waals surface area contributed by atoms with Crippen molar-refractivity contribution in [2.75, 3.05) is 18.5 Å². The molecule has 1 aromatic carbocycles. The number of nitrogens with zero attached hydrogens (tertiary/aromatic N) is 4. The summed E-state index contributed by atoms with van der Waals surface area (Å²) >= 11 is 9.29. The predicted molar refractivity (Wildman–Crippen MR) is 111 cm³/mol. The number of anilines is 1. The average molecular weight is 474 g/mol. The zero-order chi connectivity index (χ0) is 20.8. The number of aromatic nitrogens is 2. The molecule has 9 heteroatoms. The van der Waals surface area contributed by atoms with Gasteiger partial charge in [-0.05, 0) is 73.8 Å². The first-order valence-corrected chi connectivity index (χ1v) is 10.2. The lowest BCUT2D eigenvalue weighted by Gasteiger charge is -2.33. The van der Waals surface area contributed by atoms with Crippen molar-refractivity contribution in [3.05, 3.63) is 27.7 Å². The molecule has 2 heterocycles. The maximum absolute atomic E-state index is 14.1. The molecule has 152 valence electrons. The number of likely N-dealkylation sites (tertiary alicyclic amines) is 1. The normalized spacial score (nSPS) is 19.9. The molecule has 1 aliphatic rings. The lowest BCUT2D eigenvalue weighted by atomic mass is 10.1. The van der Waals surface area contributed by atoms with Gasteiger partial charge in [-0.25, -0.2) is 14.2 Å². The summed E-state index contributed by atoms with van der Waals surface area (Å²) in [7, 11) is 1.87. The molecule has 0 unspecified atom stereocenters. The van der Waals surface area contributed by atoms with Crippen molar-refractivity contribution in [2.45, 2.75) is 51.8 Å². The maximum atomic E-state index is 14.1. The fourth-order valence-electron chi connectivity index (χ4n) is 3.53. The van der Waals surface area contributed by atoms with E-state index in [2.05, 4.69) is 25.9 Å². The van der Waals surface area contributed by atoms with Gasteiger partial charge in [-0.1, -0.05) is 0 Å². The third-order valence-electron chi connectivity index (χ3n) is 4.86. The molecule has 1 aromatic heterocycles. The fourth-order valence-corrected chi connectivity index (χ4v) is 4.03. The van der Waals surface area contributed by atoms with Crippen molar-refractivity contribution < 1.29 is 13.9 Å². The quantitative estimate of drug-likeness (QED) is 0.573. The van der Waals surface area contributed by atoms with E-state index in [0.29, 0.717) is 27.7 Å². The number of amides is 1. The molecule has 0 spiro atoms. The molecule has 0 aliphatic carbocycles. The monoisotopic (exact) mass is 472 g/mol. The summed E-state index contributed by atoms with van der Waals surface area (Å²) in [6.45, 7) is 8.08. The Morgan fingerprint density at radius 1 is 1.39 bits per heavy atom. The first-order chi connectivity index (χ1) is 13.0. The van der Waals surface area contributed by atoms with Crippen LogP contribution >= 0.6 is 27.5 Å². The van der Waals surface area contributed by atoms with Crippen LogP contribution in [0, 0.1) is 5.82 Å². The topological polar surface area (TPSA) is 58.6 Å². The minimum atomic E-state index is -0.553. The largest absolute Gasteiger partial charge is 0.444 e.